The molecule has 0 spiro atoms. The maximum atomic E-state index is 12.9. The van der Waals surface area contributed by atoms with Gasteiger partial charge in [-0.25, -0.2) is 0 Å². The summed E-state index contributed by atoms with van der Waals surface area (Å²) in [6, 6.07) is 5.35. The Morgan fingerprint density at radius 3 is 2.73 bits per heavy atom. The third-order valence-corrected chi connectivity index (χ3v) is 7.68. The predicted octanol–water partition coefficient (Wildman–Crippen LogP) is 2.15. The van der Waals surface area contributed by atoms with E-state index in [4.69, 9.17) is 9.47 Å². The van der Waals surface area contributed by atoms with Gasteiger partial charge < -0.3 is 19.7 Å². The third-order valence-electron chi connectivity index (χ3n) is 7.68. The number of benzene rings is 1. The van der Waals surface area contributed by atoms with E-state index < -0.39 is 6.04 Å². The van der Waals surface area contributed by atoms with Crippen molar-refractivity contribution in [3.63, 3.8) is 0 Å². The van der Waals surface area contributed by atoms with Crippen molar-refractivity contribution < 1.29 is 23.9 Å². The number of fused-ring (bicyclic) bond motifs is 1. The Morgan fingerprint density at radius 2 is 1.94 bits per heavy atom. The molecule has 1 unspecified atom stereocenters. The Morgan fingerprint density at radius 1 is 1.12 bits per heavy atom. The summed E-state index contributed by atoms with van der Waals surface area (Å²) in [5, 5.41) is 6.09. The number of nitrogens with zero attached hydrogens (tertiary/aromatic N) is 1. The van der Waals surface area contributed by atoms with Crippen LogP contribution in [0.25, 0.3) is 0 Å². The van der Waals surface area contributed by atoms with Crippen LogP contribution in [0.2, 0.25) is 0 Å². The number of amides is 3. The minimum atomic E-state index is -0.594. The molecule has 1 aromatic carbocycles. The van der Waals surface area contributed by atoms with Crippen LogP contribution in [0, 0.1) is 5.92 Å². The first-order valence-electron chi connectivity index (χ1n) is 12.2. The molecule has 2 saturated carbocycles. The number of hydrogen-bond acceptors (Lipinski definition) is 6. The molecule has 3 atom stereocenters. The molecular formula is C25H33N3O5. The molecule has 8 nitrogen and oxygen atoms in total. The average molecular weight is 456 g/mol. The quantitative estimate of drug-likeness (QED) is 0.612. The first-order valence-corrected chi connectivity index (χ1v) is 12.2. The lowest BCUT2D eigenvalue weighted by atomic mass is 9.81. The Balaban J connectivity index is 1.21. The fourth-order valence-electron chi connectivity index (χ4n) is 5.62. The van der Waals surface area contributed by atoms with Gasteiger partial charge in [-0.3, -0.25) is 19.7 Å². The van der Waals surface area contributed by atoms with Gasteiger partial charge in [-0.15, -0.1) is 0 Å². The number of methoxy groups -OCH3 is 1. The van der Waals surface area contributed by atoms with E-state index in [-0.39, 0.29) is 30.2 Å². The number of carbonyl (C=O) groups excluding carboxylic acids is 3. The van der Waals surface area contributed by atoms with Crippen molar-refractivity contribution in [1.29, 1.82) is 0 Å². The summed E-state index contributed by atoms with van der Waals surface area (Å²) in [5.41, 5.74) is 1.49. The normalized spacial score (nSPS) is 31.7. The molecule has 0 radical (unpaired) electrons. The van der Waals surface area contributed by atoms with Gasteiger partial charge in [0.05, 0.1) is 6.10 Å². The van der Waals surface area contributed by atoms with Crippen LogP contribution in [0.4, 0.5) is 0 Å². The molecule has 2 heterocycles. The Kier molecular flexibility index (Phi) is 6.38. The van der Waals surface area contributed by atoms with Gasteiger partial charge in [-0.05, 0) is 74.8 Å². The second kappa shape index (κ2) is 9.43. The highest BCUT2D eigenvalue weighted by Crippen LogP contribution is 2.33. The molecule has 33 heavy (non-hydrogen) atoms. The lowest BCUT2D eigenvalue weighted by Gasteiger charge is -2.38. The summed E-state index contributed by atoms with van der Waals surface area (Å²) >= 11 is 0. The lowest BCUT2D eigenvalue weighted by molar-refractivity contribution is -0.136. The Hall–Kier alpha value is -2.45. The zero-order valence-corrected chi connectivity index (χ0v) is 19.2. The summed E-state index contributed by atoms with van der Waals surface area (Å²) in [6.45, 7) is 1.37. The van der Waals surface area contributed by atoms with Crippen molar-refractivity contribution in [2.24, 2.45) is 5.92 Å². The van der Waals surface area contributed by atoms with Gasteiger partial charge >= 0.3 is 0 Å². The second-order valence-corrected chi connectivity index (χ2v) is 9.87. The fourth-order valence-corrected chi connectivity index (χ4v) is 5.62. The van der Waals surface area contributed by atoms with Crippen LogP contribution in [-0.2, 0) is 20.9 Å². The van der Waals surface area contributed by atoms with Crippen LogP contribution in [0.3, 0.4) is 0 Å². The molecule has 1 saturated heterocycles. The van der Waals surface area contributed by atoms with Gasteiger partial charge in [0.15, 0.2) is 0 Å². The highest BCUT2D eigenvalue weighted by molar-refractivity contribution is 6.05. The molecule has 2 aliphatic carbocycles. The van der Waals surface area contributed by atoms with Crippen molar-refractivity contribution in [2.45, 2.75) is 82.2 Å². The number of piperidine rings is 1. The SMILES string of the molecule is COC1CC(CN[C@H]2CCCC[C@H]2Oc2ccc3c(c2)CN(C2CCC(=O)NC2=O)C3=O)C1. The minimum absolute atomic E-state index is 0.110. The number of carbonyl (C=O) groups is 3. The van der Waals surface area contributed by atoms with Crippen molar-refractivity contribution >= 4 is 17.7 Å². The van der Waals surface area contributed by atoms with Crippen molar-refractivity contribution in [3.8, 4) is 5.75 Å². The average Bonchev–Trinajstić information content (AvgIpc) is 3.09. The van der Waals surface area contributed by atoms with Gasteiger partial charge in [-0.2, -0.15) is 0 Å². The van der Waals surface area contributed by atoms with E-state index in [9.17, 15) is 14.4 Å². The fraction of sp³-hybridized carbons (Fsp3) is 0.640. The number of imide groups is 1. The molecule has 1 aromatic rings. The van der Waals surface area contributed by atoms with Gasteiger partial charge in [0.2, 0.25) is 11.8 Å². The van der Waals surface area contributed by atoms with Crippen LogP contribution in [0.5, 0.6) is 5.75 Å². The predicted molar refractivity (Wildman–Crippen MR) is 121 cm³/mol. The molecule has 4 aliphatic rings. The summed E-state index contributed by atoms with van der Waals surface area (Å²) in [5.74, 6) is 0.638. The zero-order valence-electron chi connectivity index (χ0n) is 19.2. The standard InChI is InChI=1S/C25H33N3O5/c1-32-18-10-15(11-18)13-26-20-4-2-3-5-22(20)33-17-6-7-19-16(12-17)14-28(25(19)31)21-8-9-23(29)27-24(21)30/h6-7,12,15,18,20-22,26H,2-5,8-11,13-14H2,1H3,(H,27,29,30)/t15?,18?,20-,21?,22+/m0/s1. The number of rotatable bonds is 7. The maximum absolute atomic E-state index is 12.9. The minimum Gasteiger partial charge on any atom is -0.489 e. The van der Waals surface area contributed by atoms with E-state index in [0.29, 0.717) is 36.6 Å². The number of hydrogen-bond donors (Lipinski definition) is 2. The first kappa shape index (κ1) is 22.3. The summed E-state index contributed by atoms with van der Waals surface area (Å²) in [4.78, 5) is 38.2. The number of nitrogens with one attached hydrogen (secondary N) is 2. The number of ether oxygens (including phenoxy) is 2. The molecule has 178 valence electrons. The van der Waals surface area contributed by atoms with Crippen LogP contribution in [-0.4, -0.2) is 60.6 Å². The maximum Gasteiger partial charge on any atom is 0.255 e. The molecule has 3 amide bonds. The van der Waals surface area contributed by atoms with Crippen molar-refractivity contribution in [3.05, 3.63) is 29.3 Å². The van der Waals surface area contributed by atoms with Gasteiger partial charge in [0.1, 0.15) is 17.9 Å². The molecule has 5 rings (SSSR count). The second-order valence-electron chi connectivity index (χ2n) is 9.87. The van der Waals surface area contributed by atoms with Gasteiger partial charge in [0, 0.05) is 31.7 Å². The monoisotopic (exact) mass is 455 g/mol. The van der Waals surface area contributed by atoms with Crippen LogP contribution in [0.15, 0.2) is 18.2 Å². The highest BCUT2D eigenvalue weighted by atomic mass is 16.5. The lowest BCUT2D eigenvalue weighted by Crippen LogP contribution is -2.52. The van der Waals surface area contributed by atoms with E-state index in [1.54, 1.807) is 12.0 Å². The molecule has 2 N–H and O–H groups in total. The molecule has 0 aromatic heterocycles. The molecule has 0 bridgehead atoms. The third kappa shape index (κ3) is 4.64. The van der Waals surface area contributed by atoms with Crippen LogP contribution < -0.4 is 15.4 Å². The van der Waals surface area contributed by atoms with E-state index >= 15 is 0 Å². The largest absolute Gasteiger partial charge is 0.489 e. The van der Waals surface area contributed by atoms with E-state index in [1.807, 2.05) is 18.2 Å². The zero-order chi connectivity index (χ0) is 22.9. The summed E-state index contributed by atoms with van der Waals surface area (Å²) in [7, 11) is 1.79. The van der Waals surface area contributed by atoms with Crippen molar-refractivity contribution in [2.75, 3.05) is 13.7 Å². The summed E-state index contributed by atoms with van der Waals surface area (Å²) < 4.78 is 11.8. The molecule has 3 fully saturated rings. The molecular weight excluding hydrogens is 422 g/mol. The van der Waals surface area contributed by atoms with E-state index in [2.05, 4.69) is 10.6 Å². The molecule has 2 aliphatic heterocycles. The smallest absolute Gasteiger partial charge is 0.255 e. The van der Waals surface area contributed by atoms with Crippen molar-refractivity contribution in [1.82, 2.24) is 15.5 Å². The van der Waals surface area contributed by atoms with Gasteiger partial charge in [-0.1, -0.05) is 6.42 Å². The molecule has 8 heteroatoms. The highest BCUT2D eigenvalue weighted by Gasteiger charge is 2.39. The first-order chi connectivity index (χ1) is 16.0. The van der Waals surface area contributed by atoms with E-state index in [1.165, 1.54) is 6.42 Å². The summed E-state index contributed by atoms with van der Waals surface area (Å²) in [6.07, 6.45) is 7.91. The van der Waals surface area contributed by atoms with Crippen LogP contribution in [0.1, 0.15) is 67.3 Å². The Bertz CT molecular complexity index is 929. The van der Waals surface area contributed by atoms with Gasteiger partial charge in [0.25, 0.3) is 5.91 Å². The van der Waals surface area contributed by atoms with E-state index in [0.717, 1.165) is 50.0 Å². The van der Waals surface area contributed by atoms with Crippen LogP contribution >= 0.6 is 0 Å². The topological polar surface area (TPSA) is 97.0 Å². The Labute approximate surface area is 194 Å².